The van der Waals surface area contributed by atoms with Crippen LogP contribution >= 0.6 is 0 Å². The molecule has 0 heteroatoms. The van der Waals surface area contributed by atoms with E-state index in [1.165, 1.54) is 36.0 Å². The van der Waals surface area contributed by atoms with Crippen LogP contribution in [0.2, 0.25) is 0 Å². The number of benzene rings is 1. The first kappa shape index (κ1) is 12.2. The lowest BCUT2D eigenvalue weighted by atomic mass is 9.93. The van der Waals surface area contributed by atoms with Crippen molar-refractivity contribution in [1.82, 2.24) is 0 Å². The van der Waals surface area contributed by atoms with Gasteiger partial charge in [-0.1, -0.05) is 55.8 Å². The number of rotatable bonds is 4. The minimum Gasteiger partial charge on any atom is -0.0807 e. The fourth-order valence-electron chi connectivity index (χ4n) is 2.37. The van der Waals surface area contributed by atoms with Gasteiger partial charge in [-0.2, -0.15) is 0 Å². The molecule has 0 spiro atoms. The third-order valence-electron chi connectivity index (χ3n) is 3.56. The highest BCUT2D eigenvalue weighted by Crippen LogP contribution is 2.22. The normalized spacial score (nSPS) is 15.4. The van der Waals surface area contributed by atoms with Crippen LogP contribution in [-0.2, 0) is 12.8 Å². The van der Waals surface area contributed by atoms with Gasteiger partial charge in [0.2, 0.25) is 0 Å². The average molecular weight is 226 g/mol. The molecule has 0 saturated carbocycles. The van der Waals surface area contributed by atoms with Crippen LogP contribution in [0.1, 0.15) is 44.2 Å². The first-order valence-corrected chi connectivity index (χ1v) is 6.78. The van der Waals surface area contributed by atoms with Gasteiger partial charge in [0, 0.05) is 0 Å². The van der Waals surface area contributed by atoms with Crippen molar-refractivity contribution in [2.24, 2.45) is 0 Å². The van der Waals surface area contributed by atoms with Crippen molar-refractivity contribution in [1.29, 1.82) is 0 Å². The van der Waals surface area contributed by atoms with Crippen molar-refractivity contribution in [3.8, 4) is 0 Å². The number of allylic oxidation sites excluding steroid dienone is 4. The summed E-state index contributed by atoms with van der Waals surface area (Å²) in [5, 5.41) is 0. The zero-order valence-electron chi connectivity index (χ0n) is 11.0. The monoisotopic (exact) mass is 226 g/mol. The largest absolute Gasteiger partial charge is 0.0807 e. The highest BCUT2D eigenvalue weighted by atomic mass is 14.1. The molecular weight excluding hydrogens is 204 g/mol. The van der Waals surface area contributed by atoms with E-state index in [0.717, 1.165) is 12.8 Å². The van der Waals surface area contributed by atoms with Gasteiger partial charge in [-0.15, -0.1) is 0 Å². The molecule has 0 aliphatic heterocycles. The van der Waals surface area contributed by atoms with E-state index < -0.39 is 0 Å². The Labute approximate surface area is 105 Å². The van der Waals surface area contributed by atoms with Gasteiger partial charge in [0.15, 0.2) is 0 Å². The van der Waals surface area contributed by atoms with Crippen LogP contribution in [0.5, 0.6) is 0 Å². The summed E-state index contributed by atoms with van der Waals surface area (Å²) in [7, 11) is 0. The predicted molar refractivity (Wildman–Crippen MR) is 75.2 cm³/mol. The van der Waals surface area contributed by atoms with Crippen LogP contribution in [0, 0.1) is 0 Å². The topological polar surface area (TPSA) is 0 Å². The number of aryl methyl sites for hydroxylation is 1. The standard InChI is InChI=1S/C17H22/c1-3-14-8-10-16(11-9-14)13-17-7-5-6-15(4-2)12-17/h7-12H,3-6,13H2,1-2H3. The Morgan fingerprint density at radius 2 is 1.65 bits per heavy atom. The molecule has 1 aromatic rings. The summed E-state index contributed by atoms with van der Waals surface area (Å²) in [5.74, 6) is 0. The lowest BCUT2D eigenvalue weighted by Crippen LogP contribution is -1.95. The molecule has 0 unspecified atom stereocenters. The van der Waals surface area contributed by atoms with E-state index in [2.05, 4.69) is 50.3 Å². The summed E-state index contributed by atoms with van der Waals surface area (Å²) in [5.41, 5.74) is 5.96. The maximum atomic E-state index is 2.40. The Hall–Kier alpha value is -1.30. The molecule has 0 nitrogen and oxygen atoms in total. The minimum absolute atomic E-state index is 1.09. The molecule has 0 N–H and O–H groups in total. The summed E-state index contributed by atoms with van der Waals surface area (Å²) in [4.78, 5) is 0. The summed E-state index contributed by atoms with van der Waals surface area (Å²) in [6.07, 6.45) is 10.7. The molecule has 0 atom stereocenters. The van der Waals surface area contributed by atoms with Gasteiger partial charge < -0.3 is 0 Å². The maximum Gasteiger partial charge on any atom is -0.00289 e. The van der Waals surface area contributed by atoms with Crippen molar-refractivity contribution in [2.75, 3.05) is 0 Å². The van der Waals surface area contributed by atoms with E-state index in [1.807, 2.05) is 0 Å². The second-order valence-electron chi connectivity index (χ2n) is 4.82. The zero-order valence-corrected chi connectivity index (χ0v) is 11.0. The molecule has 0 radical (unpaired) electrons. The maximum absolute atomic E-state index is 2.40. The molecule has 2 rings (SSSR count). The fourth-order valence-corrected chi connectivity index (χ4v) is 2.37. The molecule has 1 aliphatic rings. The van der Waals surface area contributed by atoms with Crippen LogP contribution in [0.25, 0.3) is 0 Å². The Kier molecular flexibility index (Phi) is 4.19. The van der Waals surface area contributed by atoms with E-state index >= 15 is 0 Å². The predicted octanol–water partition coefficient (Wildman–Crippen LogP) is 4.85. The molecule has 0 aromatic heterocycles. The summed E-state index contributed by atoms with van der Waals surface area (Å²) >= 11 is 0. The second-order valence-corrected chi connectivity index (χ2v) is 4.82. The zero-order chi connectivity index (χ0) is 12.1. The minimum atomic E-state index is 1.09. The van der Waals surface area contributed by atoms with Gasteiger partial charge in [-0.25, -0.2) is 0 Å². The lowest BCUT2D eigenvalue weighted by molar-refractivity contribution is 0.874. The first-order chi connectivity index (χ1) is 8.31. The van der Waals surface area contributed by atoms with Gasteiger partial charge in [0.05, 0.1) is 0 Å². The first-order valence-electron chi connectivity index (χ1n) is 6.78. The molecule has 90 valence electrons. The fraction of sp³-hybridized carbons (Fsp3) is 0.412. The molecule has 0 amide bonds. The molecule has 17 heavy (non-hydrogen) atoms. The Morgan fingerprint density at radius 3 is 2.29 bits per heavy atom. The van der Waals surface area contributed by atoms with Crippen LogP contribution < -0.4 is 0 Å². The van der Waals surface area contributed by atoms with Crippen molar-refractivity contribution >= 4 is 0 Å². The van der Waals surface area contributed by atoms with E-state index in [0.29, 0.717) is 0 Å². The van der Waals surface area contributed by atoms with Crippen molar-refractivity contribution < 1.29 is 0 Å². The van der Waals surface area contributed by atoms with Crippen LogP contribution in [0.15, 0.2) is 47.6 Å². The van der Waals surface area contributed by atoms with Crippen molar-refractivity contribution in [3.63, 3.8) is 0 Å². The van der Waals surface area contributed by atoms with E-state index in [-0.39, 0.29) is 0 Å². The molecule has 0 fully saturated rings. The molecule has 0 bridgehead atoms. The molecule has 0 heterocycles. The highest BCUT2D eigenvalue weighted by Gasteiger charge is 2.04. The third-order valence-corrected chi connectivity index (χ3v) is 3.56. The quantitative estimate of drug-likeness (QED) is 0.688. The third kappa shape index (κ3) is 3.33. The molecular formula is C17H22. The molecule has 1 aromatic carbocycles. The van der Waals surface area contributed by atoms with Gasteiger partial charge in [0.25, 0.3) is 0 Å². The second kappa shape index (κ2) is 5.86. The Bertz CT molecular complexity index is 418. The summed E-state index contributed by atoms with van der Waals surface area (Å²) < 4.78 is 0. The van der Waals surface area contributed by atoms with E-state index in [1.54, 1.807) is 5.57 Å². The van der Waals surface area contributed by atoms with E-state index in [9.17, 15) is 0 Å². The summed E-state index contributed by atoms with van der Waals surface area (Å²) in [6.45, 7) is 4.46. The van der Waals surface area contributed by atoms with Gasteiger partial charge in [-0.3, -0.25) is 0 Å². The van der Waals surface area contributed by atoms with Gasteiger partial charge >= 0.3 is 0 Å². The van der Waals surface area contributed by atoms with Crippen LogP contribution in [0.4, 0.5) is 0 Å². The Balaban J connectivity index is 2.05. The van der Waals surface area contributed by atoms with Gasteiger partial charge in [0.1, 0.15) is 0 Å². The SMILES string of the molecule is CCC1=CC(Cc2ccc(CC)cc2)=CCC1. The van der Waals surface area contributed by atoms with E-state index in [4.69, 9.17) is 0 Å². The van der Waals surface area contributed by atoms with Crippen molar-refractivity contribution in [3.05, 3.63) is 58.7 Å². The molecule has 1 aliphatic carbocycles. The molecule has 0 saturated heterocycles. The number of hydrogen-bond donors (Lipinski definition) is 0. The van der Waals surface area contributed by atoms with Crippen LogP contribution in [0.3, 0.4) is 0 Å². The lowest BCUT2D eigenvalue weighted by Gasteiger charge is -2.12. The summed E-state index contributed by atoms with van der Waals surface area (Å²) in [6, 6.07) is 9.05. The number of hydrogen-bond acceptors (Lipinski definition) is 0. The average Bonchev–Trinajstić information content (AvgIpc) is 2.40. The highest BCUT2D eigenvalue weighted by molar-refractivity contribution is 5.34. The smallest absolute Gasteiger partial charge is 0.00289 e. The van der Waals surface area contributed by atoms with Gasteiger partial charge in [-0.05, 0) is 48.8 Å². The van der Waals surface area contributed by atoms with Crippen LogP contribution in [-0.4, -0.2) is 0 Å². The van der Waals surface area contributed by atoms with Crippen molar-refractivity contribution in [2.45, 2.75) is 46.0 Å². The Morgan fingerprint density at radius 1 is 0.941 bits per heavy atom.